The monoisotopic (exact) mass is 179 g/mol. The maximum atomic E-state index is 5.23. The van der Waals surface area contributed by atoms with Crippen molar-refractivity contribution in [1.29, 1.82) is 0 Å². The molecule has 1 aliphatic rings. The minimum absolute atomic E-state index is 0.249. The van der Waals surface area contributed by atoms with Gasteiger partial charge in [-0.15, -0.1) is 6.42 Å². The first-order valence-electron chi connectivity index (χ1n) is 4.27. The van der Waals surface area contributed by atoms with Crippen LogP contribution in [0.5, 0.6) is 5.88 Å². The van der Waals surface area contributed by atoms with Crippen LogP contribution in [-0.4, -0.2) is 18.3 Å². The van der Waals surface area contributed by atoms with Crippen molar-refractivity contribution in [3.05, 3.63) is 11.3 Å². The Kier molecular flexibility index (Phi) is 2.19. The fourth-order valence-corrected chi connectivity index (χ4v) is 1.43. The van der Waals surface area contributed by atoms with E-state index in [0.29, 0.717) is 5.88 Å². The smallest absolute Gasteiger partial charge is 0.264 e. The van der Waals surface area contributed by atoms with Gasteiger partial charge >= 0.3 is 0 Å². The van der Waals surface area contributed by atoms with Crippen LogP contribution >= 0.6 is 0 Å². The number of nitrogens with two attached hydrogens (primary N) is 1. The first-order chi connectivity index (χ1) is 6.42. The number of hydrogen-bond acceptors (Lipinski definition) is 3. The third kappa shape index (κ3) is 1.51. The molecule has 1 aliphatic heterocycles. The molecule has 1 aromatic rings. The minimum atomic E-state index is 0.249. The Morgan fingerprint density at radius 3 is 3.46 bits per heavy atom. The summed E-state index contributed by atoms with van der Waals surface area (Å²) in [5, 5.41) is 6.02. The van der Waals surface area contributed by atoms with Crippen LogP contribution in [0, 0.1) is 12.3 Å². The fraction of sp³-hybridized carbons (Fsp3) is 0.444. The van der Waals surface area contributed by atoms with E-state index in [1.54, 1.807) is 0 Å². The van der Waals surface area contributed by atoms with Crippen LogP contribution < -0.4 is 10.1 Å². The average molecular weight is 179 g/mol. The lowest BCUT2D eigenvalue weighted by Gasteiger charge is -2.07. The Morgan fingerprint density at radius 1 is 1.69 bits per heavy atom. The Balaban J connectivity index is 2.18. The molecule has 2 heterocycles. The Labute approximate surface area is 76.2 Å². The normalized spacial score (nSPS) is 14.7. The lowest BCUT2D eigenvalue weighted by Crippen LogP contribution is -2.84. The zero-order valence-corrected chi connectivity index (χ0v) is 7.25. The molecule has 68 valence electrons. The summed E-state index contributed by atoms with van der Waals surface area (Å²) in [5.41, 5.74) is 1.06. The molecule has 0 spiro atoms. The molecule has 0 atom stereocenters. The third-order valence-electron chi connectivity index (χ3n) is 2.05. The predicted molar refractivity (Wildman–Crippen MR) is 45.0 cm³/mol. The van der Waals surface area contributed by atoms with Crippen molar-refractivity contribution in [2.75, 3.05) is 13.2 Å². The van der Waals surface area contributed by atoms with Gasteiger partial charge in [0.25, 0.3) is 5.88 Å². The van der Waals surface area contributed by atoms with Crippen LogP contribution in [0.1, 0.15) is 11.3 Å². The van der Waals surface area contributed by atoms with Gasteiger partial charge in [-0.1, -0.05) is 5.92 Å². The van der Waals surface area contributed by atoms with E-state index in [2.05, 4.69) is 16.4 Å². The number of quaternary nitrogens is 1. The number of hydrogen-bond donors (Lipinski definition) is 1. The summed E-state index contributed by atoms with van der Waals surface area (Å²) in [4.78, 5) is 0. The molecular weight excluding hydrogens is 168 g/mol. The second-order valence-corrected chi connectivity index (χ2v) is 2.91. The highest BCUT2D eigenvalue weighted by atomic mass is 16.5. The molecule has 0 aromatic carbocycles. The summed E-state index contributed by atoms with van der Waals surface area (Å²) in [6, 6.07) is 0. The van der Waals surface area contributed by atoms with E-state index in [0.717, 1.165) is 30.8 Å². The standard InChI is InChI=1S/C9H10N2O2/c1-2-5-12-9-7-6-10-4-3-8(7)13-11-9/h1,10H,3-6H2/p+1. The van der Waals surface area contributed by atoms with Crippen LogP contribution in [0.3, 0.4) is 0 Å². The average Bonchev–Trinajstić information content (AvgIpc) is 2.58. The second kappa shape index (κ2) is 3.50. The fourth-order valence-electron chi connectivity index (χ4n) is 1.43. The minimum Gasteiger partial charge on any atom is -0.462 e. The topological polar surface area (TPSA) is 51.9 Å². The van der Waals surface area contributed by atoms with Gasteiger partial charge in [-0.05, 0) is 5.16 Å². The summed E-state index contributed by atoms with van der Waals surface area (Å²) in [6.45, 7) is 2.18. The van der Waals surface area contributed by atoms with E-state index >= 15 is 0 Å². The quantitative estimate of drug-likeness (QED) is 0.611. The van der Waals surface area contributed by atoms with E-state index in [-0.39, 0.29) is 6.61 Å². The molecule has 0 unspecified atom stereocenters. The van der Waals surface area contributed by atoms with Gasteiger partial charge < -0.3 is 14.6 Å². The number of fused-ring (bicyclic) bond motifs is 1. The molecule has 4 nitrogen and oxygen atoms in total. The van der Waals surface area contributed by atoms with Gasteiger partial charge in [0.15, 0.2) is 12.4 Å². The summed E-state index contributed by atoms with van der Waals surface area (Å²) in [7, 11) is 0. The molecule has 2 N–H and O–H groups in total. The maximum Gasteiger partial charge on any atom is 0.264 e. The van der Waals surface area contributed by atoms with Gasteiger partial charge in [0.1, 0.15) is 12.1 Å². The van der Waals surface area contributed by atoms with Crippen molar-refractivity contribution in [3.8, 4) is 18.2 Å². The third-order valence-corrected chi connectivity index (χ3v) is 2.05. The maximum absolute atomic E-state index is 5.23. The Morgan fingerprint density at radius 2 is 2.62 bits per heavy atom. The van der Waals surface area contributed by atoms with E-state index in [1.165, 1.54) is 0 Å². The molecular formula is C9H11N2O2+. The van der Waals surface area contributed by atoms with Gasteiger partial charge in [0.05, 0.1) is 13.0 Å². The molecule has 2 rings (SSSR count). The number of ether oxygens (including phenoxy) is 1. The van der Waals surface area contributed by atoms with Crippen LogP contribution in [0.25, 0.3) is 0 Å². The number of aromatic nitrogens is 1. The van der Waals surface area contributed by atoms with Crippen molar-refractivity contribution in [2.45, 2.75) is 13.0 Å². The molecule has 1 aromatic heterocycles. The van der Waals surface area contributed by atoms with E-state index in [1.807, 2.05) is 0 Å². The summed E-state index contributed by atoms with van der Waals surface area (Å²) >= 11 is 0. The number of nitrogens with zero attached hydrogens (tertiary/aromatic N) is 1. The Bertz CT molecular complexity index is 338. The number of rotatable bonds is 2. The predicted octanol–water partition coefficient (Wildman–Crippen LogP) is -0.694. The largest absolute Gasteiger partial charge is 0.462 e. The molecule has 0 amide bonds. The van der Waals surface area contributed by atoms with Crippen molar-refractivity contribution in [1.82, 2.24) is 5.16 Å². The highest BCUT2D eigenvalue weighted by molar-refractivity contribution is 5.28. The van der Waals surface area contributed by atoms with Gasteiger partial charge in [-0.2, -0.15) is 0 Å². The summed E-state index contributed by atoms with van der Waals surface area (Å²) in [5.74, 6) is 3.90. The number of terminal acetylenes is 1. The molecule has 4 heteroatoms. The second-order valence-electron chi connectivity index (χ2n) is 2.91. The summed E-state index contributed by atoms with van der Waals surface area (Å²) < 4.78 is 10.4. The lowest BCUT2D eigenvalue weighted by atomic mass is 10.1. The molecule has 0 bridgehead atoms. The molecule has 0 radical (unpaired) electrons. The van der Waals surface area contributed by atoms with E-state index in [9.17, 15) is 0 Å². The van der Waals surface area contributed by atoms with Crippen LogP contribution in [-0.2, 0) is 13.0 Å². The van der Waals surface area contributed by atoms with E-state index in [4.69, 9.17) is 15.7 Å². The molecule has 0 fully saturated rings. The van der Waals surface area contributed by atoms with Gasteiger partial charge in [-0.3, -0.25) is 0 Å². The van der Waals surface area contributed by atoms with Crippen molar-refractivity contribution >= 4 is 0 Å². The highest BCUT2D eigenvalue weighted by Gasteiger charge is 2.22. The molecule has 0 aliphatic carbocycles. The zero-order chi connectivity index (χ0) is 9.10. The van der Waals surface area contributed by atoms with Crippen LogP contribution in [0.2, 0.25) is 0 Å². The molecule has 0 saturated carbocycles. The van der Waals surface area contributed by atoms with Crippen molar-refractivity contribution in [3.63, 3.8) is 0 Å². The Hall–Kier alpha value is -1.47. The summed E-state index contributed by atoms with van der Waals surface area (Å²) in [6.07, 6.45) is 6.00. The lowest BCUT2D eigenvalue weighted by molar-refractivity contribution is -0.673. The van der Waals surface area contributed by atoms with Gasteiger partial charge in [0.2, 0.25) is 0 Å². The molecule has 13 heavy (non-hydrogen) atoms. The van der Waals surface area contributed by atoms with Crippen LogP contribution in [0.15, 0.2) is 4.52 Å². The van der Waals surface area contributed by atoms with Crippen LogP contribution in [0.4, 0.5) is 0 Å². The van der Waals surface area contributed by atoms with Crippen molar-refractivity contribution < 1.29 is 14.6 Å². The zero-order valence-electron chi connectivity index (χ0n) is 7.25. The first-order valence-corrected chi connectivity index (χ1v) is 4.27. The van der Waals surface area contributed by atoms with Gasteiger partial charge in [0, 0.05) is 0 Å². The molecule has 0 saturated heterocycles. The van der Waals surface area contributed by atoms with Crippen molar-refractivity contribution in [2.24, 2.45) is 0 Å². The SMILES string of the molecule is C#CCOc1noc2c1C[NH2+]CC2. The first kappa shape index (κ1) is 8.14. The highest BCUT2D eigenvalue weighted by Crippen LogP contribution is 2.21. The van der Waals surface area contributed by atoms with E-state index < -0.39 is 0 Å². The van der Waals surface area contributed by atoms with Gasteiger partial charge in [-0.25, -0.2) is 0 Å².